The third-order valence-electron chi connectivity index (χ3n) is 3.24. The molecule has 0 aliphatic rings. The van der Waals surface area contributed by atoms with Crippen molar-refractivity contribution in [3.8, 4) is 11.5 Å². The molecule has 0 aliphatic carbocycles. The van der Waals surface area contributed by atoms with E-state index in [1.807, 2.05) is 18.2 Å². The molecule has 2 rings (SSSR count). The Morgan fingerprint density at radius 1 is 1.10 bits per heavy atom. The highest BCUT2D eigenvalue weighted by atomic mass is 35.5. The molecule has 0 atom stereocenters. The number of ether oxygens (including phenoxy) is 1. The molecule has 0 saturated heterocycles. The smallest absolute Gasteiger partial charge is 0.161 e. The number of ketones is 1. The molecule has 0 spiro atoms. The molecule has 21 heavy (non-hydrogen) atoms. The van der Waals surface area contributed by atoms with Crippen LogP contribution in [0, 0.1) is 0 Å². The van der Waals surface area contributed by atoms with Gasteiger partial charge < -0.3 is 4.74 Å². The zero-order valence-electron chi connectivity index (χ0n) is 12.7. The maximum atomic E-state index is 11.4. The third-order valence-corrected chi connectivity index (χ3v) is 3.56. The molecule has 0 heterocycles. The first kappa shape index (κ1) is 15.6. The number of hydrogen-bond acceptors (Lipinski definition) is 2. The van der Waals surface area contributed by atoms with Crippen LogP contribution < -0.4 is 4.74 Å². The first-order valence-electron chi connectivity index (χ1n) is 6.87. The van der Waals surface area contributed by atoms with Crippen LogP contribution in [0.5, 0.6) is 11.5 Å². The van der Waals surface area contributed by atoms with Crippen LogP contribution in [0.3, 0.4) is 0 Å². The summed E-state index contributed by atoms with van der Waals surface area (Å²) >= 11 is 6.12. The van der Waals surface area contributed by atoms with E-state index in [9.17, 15) is 4.79 Å². The number of rotatable bonds is 3. The summed E-state index contributed by atoms with van der Waals surface area (Å²) in [4.78, 5) is 11.4. The van der Waals surface area contributed by atoms with Gasteiger partial charge in [0.25, 0.3) is 0 Å². The van der Waals surface area contributed by atoms with E-state index < -0.39 is 0 Å². The second-order valence-corrected chi connectivity index (χ2v) is 6.45. The van der Waals surface area contributed by atoms with Crippen LogP contribution in [-0.2, 0) is 5.41 Å². The fourth-order valence-electron chi connectivity index (χ4n) is 2.15. The number of carbonyl (C=O) groups excluding carboxylic acids is 1. The molecule has 0 unspecified atom stereocenters. The van der Waals surface area contributed by atoms with E-state index in [0.717, 1.165) is 11.3 Å². The average molecular weight is 303 g/mol. The summed E-state index contributed by atoms with van der Waals surface area (Å²) < 4.78 is 5.96. The van der Waals surface area contributed by atoms with Gasteiger partial charge >= 0.3 is 0 Å². The summed E-state index contributed by atoms with van der Waals surface area (Å²) in [5.41, 5.74) is 1.62. The van der Waals surface area contributed by atoms with E-state index in [-0.39, 0.29) is 11.2 Å². The van der Waals surface area contributed by atoms with Gasteiger partial charge in [-0.25, -0.2) is 0 Å². The first-order valence-corrected chi connectivity index (χ1v) is 7.24. The summed E-state index contributed by atoms with van der Waals surface area (Å²) in [6.45, 7) is 7.92. The van der Waals surface area contributed by atoms with Crippen molar-refractivity contribution in [1.82, 2.24) is 0 Å². The van der Waals surface area contributed by atoms with Crippen LogP contribution in [0.2, 0.25) is 5.02 Å². The quantitative estimate of drug-likeness (QED) is 0.687. The molecule has 0 fully saturated rings. The Labute approximate surface area is 130 Å². The van der Waals surface area contributed by atoms with Gasteiger partial charge in [-0.1, -0.05) is 50.6 Å². The van der Waals surface area contributed by atoms with Crippen LogP contribution in [0.15, 0.2) is 42.5 Å². The molecule has 0 aromatic heterocycles. The number of carbonyl (C=O) groups is 1. The van der Waals surface area contributed by atoms with Gasteiger partial charge in [-0.2, -0.15) is 0 Å². The predicted molar refractivity (Wildman–Crippen MR) is 86.7 cm³/mol. The molecule has 0 N–H and O–H groups in total. The number of para-hydroxylation sites is 1. The molecule has 0 amide bonds. The Balaban J connectivity index is 2.35. The average Bonchev–Trinajstić information content (AvgIpc) is 2.37. The van der Waals surface area contributed by atoms with Gasteiger partial charge in [0.2, 0.25) is 0 Å². The largest absolute Gasteiger partial charge is 0.457 e. The minimum atomic E-state index is -0.0540. The number of benzene rings is 2. The Kier molecular flexibility index (Phi) is 4.38. The third kappa shape index (κ3) is 3.64. The second-order valence-electron chi connectivity index (χ2n) is 6.05. The summed E-state index contributed by atoms with van der Waals surface area (Å²) in [6, 6.07) is 13.1. The second kappa shape index (κ2) is 5.90. The fraction of sp³-hybridized carbons (Fsp3) is 0.278. The van der Waals surface area contributed by atoms with Crippen molar-refractivity contribution in [3.63, 3.8) is 0 Å². The minimum Gasteiger partial charge on any atom is -0.457 e. The molecular formula is C18H19ClO2. The van der Waals surface area contributed by atoms with E-state index in [1.54, 1.807) is 18.2 Å². The Bertz CT molecular complexity index is 669. The molecule has 2 aromatic rings. The van der Waals surface area contributed by atoms with Gasteiger partial charge in [0.1, 0.15) is 11.5 Å². The van der Waals surface area contributed by atoms with E-state index in [2.05, 4.69) is 26.8 Å². The van der Waals surface area contributed by atoms with Gasteiger partial charge in [-0.05, 0) is 30.5 Å². The SMILES string of the molecule is CC(=O)c1ccc(Oc2ccccc2C(C)(C)C)cc1Cl. The van der Waals surface area contributed by atoms with Crippen LogP contribution >= 0.6 is 11.6 Å². The molecule has 0 aliphatic heterocycles. The molecule has 0 radical (unpaired) electrons. The van der Waals surface area contributed by atoms with Crippen LogP contribution in [0.1, 0.15) is 43.6 Å². The molecular weight excluding hydrogens is 284 g/mol. The molecule has 3 heteroatoms. The summed E-state index contributed by atoms with van der Waals surface area (Å²) in [5, 5.41) is 0.410. The highest BCUT2D eigenvalue weighted by molar-refractivity contribution is 6.34. The standard InChI is InChI=1S/C18H19ClO2/c1-12(20)14-10-9-13(11-16(14)19)21-17-8-6-5-7-15(17)18(2,3)4/h5-11H,1-4H3. The van der Waals surface area contributed by atoms with Crippen LogP contribution in [0.25, 0.3) is 0 Å². The zero-order chi connectivity index (χ0) is 15.6. The zero-order valence-corrected chi connectivity index (χ0v) is 13.5. The van der Waals surface area contributed by atoms with E-state index in [1.165, 1.54) is 6.92 Å². The maximum absolute atomic E-state index is 11.4. The van der Waals surface area contributed by atoms with E-state index in [4.69, 9.17) is 16.3 Å². The molecule has 2 aromatic carbocycles. The number of halogens is 1. The lowest BCUT2D eigenvalue weighted by Crippen LogP contribution is -2.12. The van der Waals surface area contributed by atoms with Gasteiger partial charge in [-0.3, -0.25) is 4.79 Å². The van der Waals surface area contributed by atoms with E-state index >= 15 is 0 Å². The lowest BCUT2D eigenvalue weighted by Gasteiger charge is -2.22. The van der Waals surface area contributed by atoms with Crippen molar-refractivity contribution >= 4 is 17.4 Å². The van der Waals surface area contributed by atoms with Crippen molar-refractivity contribution in [2.24, 2.45) is 0 Å². The molecule has 0 bridgehead atoms. The summed E-state index contributed by atoms with van der Waals surface area (Å²) in [6.07, 6.45) is 0. The maximum Gasteiger partial charge on any atom is 0.161 e. The molecule has 110 valence electrons. The monoisotopic (exact) mass is 302 g/mol. The highest BCUT2D eigenvalue weighted by Gasteiger charge is 2.19. The summed E-state index contributed by atoms with van der Waals surface area (Å²) in [7, 11) is 0. The van der Waals surface area contributed by atoms with Crippen LogP contribution in [-0.4, -0.2) is 5.78 Å². The van der Waals surface area contributed by atoms with Crippen molar-refractivity contribution in [1.29, 1.82) is 0 Å². The Morgan fingerprint density at radius 2 is 1.76 bits per heavy atom. The Hall–Kier alpha value is -1.80. The van der Waals surface area contributed by atoms with Gasteiger partial charge in [-0.15, -0.1) is 0 Å². The lowest BCUT2D eigenvalue weighted by atomic mass is 9.86. The highest BCUT2D eigenvalue weighted by Crippen LogP contribution is 2.35. The minimum absolute atomic E-state index is 0.0142. The molecule has 2 nitrogen and oxygen atoms in total. The van der Waals surface area contributed by atoms with Crippen molar-refractivity contribution in [3.05, 3.63) is 58.6 Å². The van der Waals surface area contributed by atoms with Gasteiger partial charge in [0.15, 0.2) is 5.78 Å². The Morgan fingerprint density at radius 3 is 2.33 bits per heavy atom. The lowest BCUT2D eigenvalue weighted by molar-refractivity contribution is 0.101. The number of Topliss-reactive ketones (excluding diaryl/α,β-unsaturated/α-hetero) is 1. The van der Waals surface area contributed by atoms with Gasteiger partial charge in [0, 0.05) is 17.2 Å². The fourth-order valence-corrected chi connectivity index (χ4v) is 2.45. The first-order chi connectivity index (χ1) is 9.79. The van der Waals surface area contributed by atoms with Gasteiger partial charge in [0.05, 0.1) is 5.02 Å². The topological polar surface area (TPSA) is 26.3 Å². The predicted octanol–water partition coefficient (Wildman–Crippen LogP) is 5.63. The van der Waals surface area contributed by atoms with Crippen molar-refractivity contribution < 1.29 is 9.53 Å². The van der Waals surface area contributed by atoms with Crippen molar-refractivity contribution in [2.45, 2.75) is 33.1 Å². The normalized spacial score (nSPS) is 11.3. The number of hydrogen-bond donors (Lipinski definition) is 0. The summed E-state index contributed by atoms with van der Waals surface area (Å²) in [5.74, 6) is 1.37. The van der Waals surface area contributed by atoms with Crippen molar-refractivity contribution in [2.75, 3.05) is 0 Å². The van der Waals surface area contributed by atoms with E-state index in [0.29, 0.717) is 16.3 Å². The molecule has 0 saturated carbocycles. The van der Waals surface area contributed by atoms with Crippen LogP contribution in [0.4, 0.5) is 0 Å².